The summed E-state index contributed by atoms with van der Waals surface area (Å²) in [6.45, 7) is 4.65. The molecule has 0 radical (unpaired) electrons. The highest BCUT2D eigenvalue weighted by atomic mass is 32.2. The minimum absolute atomic E-state index is 0.305. The van der Waals surface area contributed by atoms with Crippen molar-refractivity contribution in [3.05, 3.63) is 29.8 Å². The van der Waals surface area contributed by atoms with E-state index < -0.39 is 20.6 Å². The fraction of sp³-hybridized carbons (Fsp3) is 0.538. The molecular formula is C13H19NO3S. The summed E-state index contributed by atoms with van der Waals surface area (Å²) in [4.78, 5) is 0.349. The van der Waals surface area contributed by atoms with Crippen LogP contribution in [0.2, 0.25) is 0 Å². The number of hydrogen-bond donors (Lipinski definition) is 1. The van der Waals surface area contributed by atoms with Crippen LogP contribution < -0.4 is 5.73 Å². The fourth-order valence-electron chi connectivity index (χ4n) is 2.04. The maximum absolute atomic E-state index is 12.3. The number of benzene rings is 1. The Bertz CT molecular complexity index is 524. The van der Waals surface area contributed by atoms with Gasteiger partial charge >= 0.3 is 0 Å². The lowest BCUT2D eigenvalue weighted by atomic mass is 10.2. The Hall–Kier alpha value is -0.910. The average molecular weight is 269 g/mol. The highest BCUT2D eigenvalue weighted by Gasteiger charge is 2.59. The van der Waals surface area contributed by atoms with Gasteiger partial charge in [0.15, 0.2) is 9.84 Å². The van der Waals surface area contributed by atoms with Gasteiger partial charge in [0, 0.05) is 6.61 Å². The molecule has 18 heavy (non-hydrogen) atoms. The molecule has 2 rings (SSSR count). The summed E-state index contributed by atoms with van der Waals surface area (Å²) >= 11 is 0. The molecular weight excluding hydrogens is 250 g/mol. The Balaban J connectivity index is 2.17. The molecule has 5 heteroatoms. The van der Waals surface area contributed by atoms with Crippen LogP contribution in [-0.4, -0.2) is 32.4 Å². The van der Waals surface area contributed by atoms with Gasteiger partial charge in [-0.25, -0.2) is 8.42 Å². The van der Waals surface area contributed by atoms with Gasteiger partial charge < -0.3 is 10.5 Å². The zero-order valence-corrected chi connectivity index (χ0v) is 11.5. The highest BCUT2D eigenvalue weighted by Crippen LogP contribution is 2.42. The van der Waals surface area contributed by atoms with E-state index >= 15 is 0 Å². The standard InChI is InChI=1S/C13H19NO3S/c1-3-17-9-13(14)8-12(13)18(15,16)11-6-4-10(2)5-7-11/h4-7,12H,3,8-9,14H2,1-2H3/t12-,13-/m1/s1. The smallest absolute Gasteiger partial charge is 0.183 e. The van der Waals surface area contributed by atoms with E-state index in [2.05, 4.69) is 0 Å². The van der Waals surface area contributed by atoms with Crippen molar-refractivity contribution in [3.63, 3.8) is 0 Å². The Kier molecular flexibility index (Phi) is 3.49. The van der Waals surface area contributed by atoms with Crippen LogP contribution in [0, 0.1) is 6.92 Å². The third kappa shape index (κ3) is 2.43. The molecule has 0 unspecified atom stereocenters. The van der Waals surface area contributed by atoms with Gasteiger partial charge in [0.25, 0.3) is 0 Å². The average Bonchev–Trinajstić information content (AvgIpc) is 3.01. The lowest BCUT2D eigenvalue weighted by Gasteiger charge is -2.11. The minimum Gasteiger partial charge on any atom is -0.380 e. The highest BCUT2D eigenvalue weighted by molar-refractivity contribution is 7.92. The van der Waals surface area contributed by atoms with Crippen molar-refractivity contribution in [2.45, 2.75) is 36.0 Å². The van der Waals surface area contributed by atoms with E-state index in [0.717, 1.165) is 5.56 Å². The molecule has 1 aromatic carbocycles. The molecule has 4 nitrogen and oxygen atoms in total. The van der Waals surface area contributed by atoms with E-state index in [0.29, 0.717) is 24.5 Å². The molecule has 0 saturated heterocycles. The third-order valence-corrected chi connectivity index (χ3v) is 5.66. The molecule has 100 valence electrons. The van der Waals surface area contributed by atoms with Crippen LogP contribution in [0.1, 0.15) is 18.9 Å². The van der Waals surface area contributed by atoms with Crippen molar-refractivity contribution in [3.8, 4) is 0 Å². The van der Waals surface area contributed by atoms with Crippen molar-refractivity contribution in [1.29, 1.82) is 0 Å². The normalized spacial score (nSPS) is 27.2. The van der Waals surface area contributed by atoms with E-state index in [1.165, 1.54) is 0 Å². The van der Waals surface area contributed by atoms with Crippen molar-refractivity contribution >= 4 is 9.84 Å². The molecule has 0 heterocycles. The van der Waals surface area contributed by atoms with Crippen LogP contribution >= 0.6 is 0 Å². The third-order valence-electron chi connectivity index (χ3n) is 3.35. The van der Waals surface area contributed by atoms with Crippen LogP contribution in [0.3, 0.4) is 0 Å². The van der Waals surface area contributed by atoms with E-state index in [1.807, 2.05) is 13.8 Å². The molecule has 1 saturated carbocycles. The summed E-state index contributed by atoms with van der Waals surface area (Å²) in [6.07, 6.45) is 0.475. The van der Waals surface area contributed by atoms with E-state index in [1.54, 1.807) is 24.3 Å². The maximum Gasteiger partial charge on any atom is 0.183 e. The first-order chi connectivity index (χ1) is 8.40. The van der Waals surface area contributed by atoms with Crippen LogP contribution in [0.25, 0.3) is 0 Å². The number of sulfone groups is 1. The van der Waals surface area contributed by atoms with Gasteiger partial charge in [-0.3, -0.25) is 0 Å². The van der Waals surface area contributed by atoms with Gasteiger partial charge in [0.1, 0.15) is 0 Å². The predicted molar refractivity (Wildman–Crippen MR) is 70.2 cm³/mol. The molecule has 2 atom stereocenters. The van der Waals surface area contributed by atoms with Gasteiger partial charge in [0.05, 0.1) is 22.3 Å². The molecule has 1 fully saturated rings. The van der Waals surface area contributed by atoms with Crippen LogP contribution in [-0.2, 0) is 14.6 Å². The van der Waals surface area contributed by atoms with E-state index in [-0.39, 0.29) is 0 Å². The number of aryl methyl sites for hydroxylation is 1. The molecule has 1 aliphatic carbocycles. The second-order valence-corrected chi connectivity index (χ2v) is 7.05. The van der Waals surface area contributed by atoms with Gasteiger partial charge in [-0.05, 0) is 32.4 Å². The number of hydrogen-bond acceptors (Lipinski definition) is 4. The molecule has 0 bridgehead atoms. The summed E-state index contributed by atoms with van der Waals surface area (Å²) in [5.41, 5.74) is 6.36. The first-order valence-electron chi connectivity index (χ1n) is 6.07. The summed E-state index contributed by atoms with van der Waals surface area (Å²) in [5.74, 6) is 0. The van der Waals surface area contributed by atoms with E-state index in [4.69, 9.17) is 10.5 Å². The summed E-state index contributed by atoms with van der Waals surface area (Å²) in [5, 5.41) is -0.515. The Morgan fingerprint density at radius 2 is 2.00 bits per heavy atom. The zero-order chi connectivity index (χ0) is 13.4. The van der Waals surface area contributed by atoms with Crippen LogP contribution in [0.15, 0.2) is 29.2 Å². The maximum atomic E-state index is 12.3. The Morgan fingerprint density at radius 3 is 2.56 bits per heavy atom. The van der Waals surface area contributed by atoms with Gasteiger partial charge in [0.2, 0.25) is 0 Å². The molecule has 0 amide bonds. The first-order valence-corrected chi connectivity index (χ1v) is 7.62. The minimum atomic E-state index is -3.33. The predicted octanol–water partition coefficient (Wildman–Crippen LogP) is 1.28. The van der Waals surface area contributed by atoms with Gasteiger partial charge in [-0.1, -0.05) is 17.7 Å². The Labute approximate surface area is 108 Å². The summed E-state index contributed by atoms with van der Waals surface area (Å²) in [7, 11) is -3.33. The molecule has 1 aliphatic rings. The first kappa shape index (κ1) is 13.5. The molecule has 0 aromatic heterocycles. The Morgan fingerprint density at radius 1 is 1.39 bits per heavy atom. The second-order valence-electron chi connectivity index (χ2n) is 4.92. The quantitative estimate of drug-likeness (QED) is 0.874. The monoisotopic (exact) mass is 269 g/mol. The number of nitrogens with two attached hydrogens (primary N) is 1. The van der Waals surface area contributed by atoms with Gasteiger partial charge in [-0.15, -0.1) is 0 Å². The van der Waals surface area contributed by atoms with Crippen molar-refractivity contribution in [2.24, 2.45) is 5.73 Å². The van der Waals surface area contributed by atoms with Gasteiger partial charge in [-0.2, -0.15) is 0 Å². The number of rotatable bonds is 5. The van der Waals surface area contributed by atoms with Crippen LogP contribution in [0.5, 0.6) is 0 Å². The lowest BCUT2D eigenvalue weighted by molar-refractivity contribution is 0.127. The number of ether oxygens (including phenoxy) is 1. The SMILES string of the molecule is CCOC[C@]1(N)C[C@H]1S(=O)(=O)c1ccc(C)cc1. The van der Waals surface area contributed by atoms with E-state index in [9.17, 15) is 8.42 Å². The molecule has 2 N–H and O–H groups in total. The zero-order valence-electron chi connectivity index (χ0n) is 10.7. The van der Waals surface area contributed by atoms with Crippen molar-refractivity contribution in [1.82, 2.24) is 0 Å². The fourth-order valence-corrected chi connectivity index (χ4v) is 4.10. The molecule has 0 aliphatic heterocycles. The van der Waals surface area contributed by atoms with Crippen molar-refractivity contribution in [2.75, 3.05) is 13.2 Å². The lowest BCUT2D eigenvalue weighted by Crippen LogP contribution is -2.35. The van der Waals surface area contributed by atoms with Crippen molar-refractivity contribution < 1.29 is 13.2 Å². The largest absolute Gasteiger partial charge is 0.380 e. The molecule has 0 spiro atoms. The summed E-state index contributed by atoms with van der Waals surface area (Å²) < 4.78 is 29.9. The topological polar surface area (TPSA) is 69.4 Å². The summed E-state index contributed by atoms with van der Waals surface area (Å²) in [6, 6.07) is 6.89. The molecule has 1 aromatic rings. The second kappa shape index (κ2) is 4.64. The van der Waals surface area contributed by atoms with Crippen LogP contribution in [0.4, 0.5) is 0 Å².